The molecule has 0 radical (unpaired) electrons. The molecule has 4 rings (SSSR count). The van der Waals surface area contributed by atoms with E-state index in [1.807, 2.05) is 18.7 Å². The molecule has 2 fully saturated rings. The highest BCUT2D eigenvalue weighted by atomic mass is 127. The molecule has 2 aromatic rings. The molecule has 1 aromatic heterocycles. The van der Waals surface area contributed by atoms with Crippen LogP contribution in [0.1, 0.15) is 42.6 Å². The van der Waals surface area contributed by atoms with Crippen molar-refractivity contribution in [3.05, 3.63) is 47.3 Å². The molecule has 0 bridgehead atoms. The second kappa shape index (κ2) is 9.29. The van der Waals surface area contributed by atoms with E-state index in [0.29, 0.717) is 0 Å². The fourth-order valence-electron chi connectivity index (χ4n) is 4.12. The number of para-hydroxylation sites is 1. The highest BCUT2D eigenvalue weighted by Crippen LogP contribution is 2.48. The van der Waals surface area contributed by atoms with Gasteiger partial charge in [0.15, 0.2) is 5.96 Å². The zero-order valence-electron chi connectivity index (χ0n) is 17.1. The second-order valence-electron chi connectivity index (χ2n) is 8.11. The van der Waals surface area contributed by atoms with Crippen LogP contribution in [0, 0.1) is 31.6 Å². The Morgan fingerprint density at radius 2 is 1.82 bits per heavy atom. The SMILES string of the molecule is CN=C(NCc1ccccc1-n1nc(C)cc1C)NCC(C1CC1)C1CC1.I. The lowest BCUT2D eigenvalue weighted by molar-refractivity contribution is 0.400. The summed E-state index contributed by atoms with van der Waals surface area (Å²) in [5.41, 5.74) is 4.53. The van der Waals surface area contributed by atoms with Gasteiger partial charge in [0.25, 0.3) is 0 Å². The van der Waals surface area contributed by atoms with Crippen molar-refractivity contribution in [2.75, 3.05) is 13.6 Å². The lowest BCUT2D eigenvalue weighted by Gasteiger charge is -2.19. The van der Waals surface area contributed by atoms with Crippen LogP contribution >= 0.6 is 24.0 Å². The Balaban J connectivity index is 0.00000225. The molecule has 28 heavy (non-hydrogen) atoms. The van der Waals surface area contributed by atoms with E-state index in [-0.39, 0.29) is 24.0 Å². The van der Waals surface area contributed by atoms with E-state index in [2.05, 4.69) is 58.0 Å². The molecule has 2 N–H and O–H groups in total. The minimum atomic E-state index is 0. The summed E-state index contributed by atoms with van der Waals surface area (Å²) < 4.78 is 2.03. The highest BCUT2D eigenvalue weighted by Gasteiger charge is 2.41. The second-order valence-corrected chi connectivity index (χ2v) is 8.11. The van der Waals surface area contributed by atoms with Crippen molar-refractivity contribution in [2.45, 2.75) is 46.1 Å². The molecular formula is C22H32IN5. The van der Waals surface area contributed by atoms with Gasteiger partial charge in [0.2, 0.25) is 0 Å². The summed E-state index contributed by atoms with van der Waals surface area (Å²) in [7, 11) is 1.85. The number of guanidine groups is 1. The molecule has 0 saturated heterocycles. The monoisotopic (exact) mass is 493 g/mol. The van der Waals surface area contributed by atoms with Gasteiger partial charge in [-0.3, -0.25) is 4.99 Å². The van der Waals surface area contributed by atoms with Crippen LogP contribution < -0.4 is 10.6 Å². The third-order valence-electron chi connectivity index (χ3n) is 5.86. The number of rotatable bonds is 7. The van der Waals surface area contributed by atoms with Crippen LogP contribution in [0.4, 0.5) is 0 Å². The molecule has 0 unspecified atom stereocenters. The van der Waals surface area contributed by atoms with Gasteiger partial charge in [0, 0.05) is 25.8 Å². The van der Waals surface area contributed by atoms with Crippen LogP contribution in [0.3, 0.4) is 0 Å². The molecule has 5 nitrogen and oxygen atoms in total. The molecule has 0 atom stereocenters. The van der Waals surface area contributed by atoms with Crippen LogP contribution in [0.2, 0.25) is 0 Å². The molecule has 2 saturated carbocycles. The first-order valence-electron chi connectivity index (χ1n) is 10.2. The number of halogens is 1. The van der Waals surface area contributed by atoms with Crippen molar-refractivity contribution in [2.24, 2.45) is 22.7 Å². The first-order valence-corrected chi connectivity index (χ1v) is 10.2. The lowest BCUT2D eigenvalue weighted by atomic mass is 9.98. The van der Waals surface area contributed by atoms with Crippen LogP contribution in [-0.4, -0.2) is 29.3 Å². The van der Waals surface area contributed by atoms with Gasteiger partial charge in [-0.25, -0.2) is 4.68 Å². The topological polar surface area (TPSA) is 54.2 Å². The quantitative estimate of drug-likeness (QED) is 0.345. The van der Waals surface area contributed by atoms with Gasteiger partial charge in [-0.05, 0) is 75.0 Å². The molecule has 152 valence electrons. The Morgan fingerprint density at radius 3 is 2.39 bits per heavy atom. The zero-order chi connectivity index (χ0) is 18.8. The first kappa shape index (κ1) is 21.1. The fraction of sp³-hybridized carbons (Fsp3) is 0.545. The number of nitrogens with zero attached hydrogens (tertiary/aromatic N) is 3. The summed E-state index contributed by atoms with van der Waals surface area (Å²) in [6, 6.07) is 10.5. The van der Waals surface area contributed by atoms with E-state index in [1.165, 1.54) is 31.2 Å². The van der Waals surface area contributed by atoms with E-state index in [9.17, 15) is 0 Å². The maximum Gasteiger partial charge on any atom is 0.191 e. The number of aromatic nitrogens is 2. The van der Waals surface area contributed by atoms with E-state index in [0.717, 1.165) is 53.9 Å². The summed E-state index contributed by atoms with van der Waals surface area (Å²) in [5.74, 6) is 3.64. The molecule has 2 aliphatic carbocycles. The van der Waals surface area contributed by atoms with E-state index < -0.39 is 0 Å². The minimum absolute atomic E-state index is 0. The predicted octanol–water partition coefficient (Wildman–Crippen LogP) is 4.21. The Bertz CT molecular complexity index is 808. The summed E-state index contributed by atoms with van der Waals surface area (Å²) in [6.07, 6.45) is 5.69. The van der Waals surface area contributed by atoms with E-state index in [1.54, 1.807) is 0 Å². The zero-order valence-corrected chi connectivity index (χ0v) is 19.4. The van der Waals surface area contributed by atoms with Crippen molar-refractivity contribution in [1.82, 2.24) is 20.4 Å². The molecule has 2 aliphatic rings. The summed E-state index contributed by atoms with van der Waals surface area (Å²) in [4.78, 5) is 4.43. The van der Waals surface area contributed by atoms with Crippen LogP contribution in [0.15, 0.2) is 35.3 Å². The molecule has 6 heteroatoms. The van der Waals surface area contributed by atoms with Gasteiger partial charge in [0.05, 0.1) is 11.4 Å². The number of nitrogens with one attached hydrogen (secondary N) is 2. The largest absolute Gasteiger partial charge is 0.356 e. The van der Waals surface area contributed by atoms with Crippen LogP contribution in [0.5, 0.6) is 0 Å². The minimum Gasteiger partial charge on any atom is -0.356 e. The maximum absolute atomic E-state index is 4.64. The standard InChI is InChI=1S/C22H31N5.HI/c1-15-12-16(2)27(26-15)21-7-5-4-6-19(21)13-24-22(23-3)25-14-20(17-8-9-17)18-10-11-18;/h4-7,12,17-18,20H,8-11,13-14H2,1-3H3,(H2,23,24,25);1H. The third kappa shape index (κ3) is 5.07. The predicted molar refractivity (Wildman–Crippen MR) is 126 cm³/mol. The number of aryl methyl sites for hydroxylation is 2. The summed E-state index contributed by atoms with van der Waals surface area (Å²) in [5, 5.41) is 11.7. The molecule has 0 aliphatic heterocycles. The Morgan fingerprint density at radius 1 is 1.14 bits per heavy atom. The Labute approximate surface area is 185 Å². The number of benzene rings is 1. The van der Waals surface area contributed by atoms with Crippen LogP contribution in [0.25, 0.3) is 5.69 Å². The first-order chi connectivity index (χ1) is 13.2. The van der Waals surface area contributed by atoms with Gasteiger partial charge in [-0.2, -0.15) is 5.10 Å². The van der Waals surface area contributed by atoms with Crippen molar-refractivity contribution in [3.63, 3.8) is 0 Å². The smallest absolute Gasteiger partial charge is 0.191 e. The highest BCUT2D eigenvalue weighted by molar-refractivity contribution is 14.0. The number of aliphatic imine (C=N–C) groups is 1. The Hall–Kier alpha value is -1.57. The lowest BCUT2D eigenvalue weighted by Crippen LogP contribution is -2.40. The Kier molecular flexibility index (Phi) is 7.01. The van der Waals surface area contributed by atoms with Crippen molar-refractivity contribution >= 4 is 29.9 Å². The number of hydrogen-bond acceptors (Lipinski definition) is 2. The van der Waals surface area contributed by atoms with Crippen molar-refractivity contribution in [1.29, 1.82) is 0 Å². The van der Waals surface area contributed by atoms with E-state index >= 15 is 0 Å². The maximum atomic E-state index is 4.64. The van der Waals surface area contributed by atoms with Crippen molar-refractivity contribution < 1.29 is 0 Å². The molecule has 0 amide bonds. The average Bonchev–Trinajstić information content (AvgIpc) is 3.58. The normalized spacial score (nSPS) is 16.8. The van der Waals surface area contributed by atoms with Gasteiger partial charge in [-0.1, -0.05) is 18.2 Å². The third-order valence-corrected chi connectivity index (χ3v) is 5.86. The average molecular weight is 493 g/mol. The van der Waals surface area contributed by atoms with Gasteiger partial charge < -0.3 is 10.6 Å². The summed E-state index contributed by atoms with van der Waals surface area (Å²) >= 11 is 0. The van der Waals surface area contributed by atoms with Crippen molar-refractivity contribution in [3.8, 4) is 5.69 Å². The van der Waals surface area contributed by atoms with Crippen LogP contribution in [-0.2, 0) is 6.54 Å². The van der Waals surface area contributed by atoms with Gasteiger partial charge in [-0.15, -0.1) is 24.0 Å². The van der Waals surface area contributed by atoms with Gasteiger partial charge >= 0.3 is 0 Å². The molecule has 1 aromatic carbocycles. The summed E-state index contributed by atoms with van der Waals surface area (Å²) in [6.45, 7) is 5.91. The fourth-order valence-corrected chi connectivity index (χ4v) is 4.12. The molecule has 1 heterocycles. The van der Waals surface area contributed by atoms with E-state index in [4.69, 9.17) is 0 Å². The number of hydrogen-bond donors (Lipinski definition) is 2. The molecular weight excluding hydrogens is 461 g/mol. The van der Waals surface area contributed by atoms with Gasteiger partial charge in [0.1, 0.15) is 0 Å². The molecule has 0 spiro atoms.